The van der Waals surface area contributed by atoms with Crippen LogP contribution >= 0.6 is 0 Å². The Labute approximate surface area is 170 Å². The van der Waals surface area contributed by atoms with E-state index in [0.717, 1.165) is 10.6 Å². The molecule has 0 atom stereocenters. The average molecular weight is 418 g/mol. The molecule has 6 nitrogen and oxygen atoms in total. The van der Waals surface area contributed by atoms with Crippen LogP contribution in [-0.4, -0.2) is 37.5 Å². The molecule has 0 radical (unpaired) electrons. The Bertz CT molecular complexity index is 1080. The van der Waals surface area contributed by atoms with Gasteiger partial charge in [-0.15, -0.1) is 0 Å². The van der Waals surface area contributed by atoms with E-state index in [1.54, 1.807) is 30.4 Å². The predicted molar refractivity (Wildman–Crippen MR) is 114 cm³/mol. The van der Waals surface area contributed by atoms with Crippen molar-refractivity contribution in [3.8, 4) is 11.3 Å². The van der Waals surface area contributed by atoms with Crippen LogP contribution in [0, 0.1) is 5.82 Å². The van der Waals surface area contributed by atoms with Gasteiger partial charge >= 0.3 is 0 Å². The summed E-state index contributed by atoms with van der Waals surface area (Å²) < 4.78 is 39.0. The highest BCUT2D eigenvalue weighted by Gasteiger charge is 2.18. The summed E-state index contributed by atoms with van der Waals surface area (Å²) in [6, 6.07) is 6.28. The summed E-state index contributed by atoms with van der Waals surface area (Å²) >= 11 is 0. The van der Waals surface area contributed by atoms with E-state index in [2.05, 4.69) is 9.97 Å². The second-order valence-corrected chi connectivity index (χ2v) is 8.94. The fraction of sp³-hybridized carbons (Fsp3) is 0.286. The number of sulfonamides is 1. The summed E-state index contributed by atoms with van der Waals surface area (Å²) in [7, 11) is -2.14. The SMILES string of the molecule is CC(=O)/C=C/C=C/c1cc(-c2cc(C(C)C)nc(N(C)S(C)(=O)=O)n2)ccc1F. The zero-order valence-electron chi connectivity index (χ0n) is 17.0. The molecule has 0 saturated heterocycles. The molecule has 154 valence electrons. The fourth-order valence-electron chi connectivity index (χ4n) is 2.37. The number of halogens is 1. The lowest BCUT2D eigenvalue weighted by molar-refractivity contribution is -0.112. The summed E-state index contributed by atoms with van der Waals surface area (Å²) in [6.45, 7) is 5.31. The van der Waals surface area contributed by atoms with E-state index >= 15 is 0 Å². The fourth-order valence-corrected chi connectivity index (χ4v) is 2.74. The lowest BCUT2D eigenvalue weighted by Gasteiger charge is -2.17. The van der Waals surface area contributed by atoms with Gasteiger partial charge in [0.15, 0.2) is 5.78 Å². The topological polar surface area (TPSA) is 80.2 Å². The minimum absolute atomic E-state index is 0.0417. The van der Waals surface area contributed by atoms with Crippen LogP contribution in [0.1, 0.15) is 37.9 Å². The summed E-state index contributed by atoms with van der Waals surface area (Å²) in [5.74, 6) is -0.430. The lowest BCUT2D eigenvalue weighted by Crippen LogP contribution is -2.27. The second kappa shape index (κ2) is 9.09. The normalized spacial score (nSPS) is 12.2. The molecule has 0 aliphatic heterocycles. The number of hydrogen-bond donors (Lipinski definition) is 0. The van der Waals surface area contributed by atoms with Gasteiger partial charge in [-0.2, -0.15) is 0 Å². The van der Waals surface area contributed by atoms with E-state index in [4.69, 9.17) is 0 Å². The zero-order valence-corrected chi connectivity index (χ0v) is 17.9. The molecule has 0 bridgehead atoms. The first-order valence-corrected chi connectivity index (χ1v) is 10.8. The molecular weight excluding hydrogens is 393 g/mol. The Kier molecular flexibility index (Phi) is 7.02. The van der Waals surface area contributed by atoms with Crippen LogP contribution in [0.3, 0.4) is 0 Å². The molecule has 0 N–H and O–H groups in total. The summed E-state index contributed by atoms with van der Waals surface area (Å²) in [5, 5.41) is 0. The van der Waals surface area contributed by atoms with Gasteiger partial charge in [-0.3, -0.25) is 4.79 Å². The third-order valence-corrected chi connectivity index (χ3v) is 5.27. The van der Waals surface area contributed by atoms with Crippen molar-refractivity contribution in [3.63, 3.8) is 0 Å². The highest BCUT2D eigenvalue weighted by Crippen LogP contribution is 2.26. The maximum Gasteiger partial charge on any atom is 0.239 e. The van der Waals surface area contributed by atoms with Crippen LogP contribution in [0.25, 0.3) is 17.3 Å². The van der Waals surface area contributed by atoms with Gasteiger partial charge in [0.05, 0.1) is 11.9 Å². The first-order chi connectivity index (χ1) is 13.5. The van der Waals surface area contributed by atoms with Crippen LogP contribution in [-0.2, 0) is 14.8 Å². The Morgan fingerprint density at radius 2 is 1.86 bits per heavy atom. The van der Waals surface area contributed by atoms with Crippen molar-refractivity contribution in [2.45, 2.75) is 26.7 Å². The van der Waals surface area contributed by atoms with E-state index < -0.39 is 15.8 Å². The van der Waals surface area contributed by atoms with Gasteiger partial charge in [0.1, 0.15) is 5.82 Å². The highest BCUT2D eigenvalue weighted by molar-refractivity contribution is 7.92. The molecule has 1 heterocycles. The van der Waals surface area contributed by atoms with Crippen LogP contribution in [0.5, 0.6) is 0 Å². The molecule has 8 heteroatoms. The molecular formula is C21H24FN3O3S. The van der Waals surface area contributed by atoms with E-state index in [9.17, 15) is 17.6 Å². The number of rotatable bonds is 7. The molecule has 0 saturated carbocycles. The number of aromatic nitrogens is 2. The molecule has 29 heavy (non-hydrogen) atoms. The minimum Gasteiger partial charge on any atom is -0.295 e. The third-order valence-electron chi connectivity index (χ3n) is 4.11. The monoisotopic (exact) mass is 417 g/mol. The van der Waals surface area contributed by atoms with Gasteiger partial charge in [0.25, 0.3) is 0 Å². The molecule has 1 aromatic carbocycles. The molecule has 0 amide bonds. The number of carbonyl (C=O) groups is 1. The quantitative estimate of drug-likeness (QED) is 0.503. The lowest BCUT2D eigenvalue weighted by atomic mass is 10.0. The van der Waals surface area contributed by atoms with Gasteiger partial charge in [-0.05, 0) is 43.2 Å². The molecule has 2 rings (SSSR count). The van der Waals surface area contributed by atoms with Crippen LogP contribution in [0.2, 0.25) is 0 Å². The number of ketones is 1. The van der Waals surface area contributed by atoms with Crippen molar-refractivity contribution in [2.24, 2.45) is 0 Å². The molecule has 1 aromatic heterocycles. The van der Waals surface area contributed by atoms with E-state index in [1.807, 2.05) is 13.8 Å². The highest BCUT2D eigenvalue weighted by atomic mass is 32.2. The number of anilines is 1. The molecule has 0 unspecified atom stereocenters. The van der Waals surface area contributed by atoms with Crippen molar-refractivity contribution in [3.05, 3.63) is 59.6 Å². The maximum absolute atomic E-state index is 14.2. The van der Waals surface area contributed by atoms with Crippen molar-refractivity contribution in [1.82, 2.24) is 9.97 Å². The second-order valence-electron chi connectivity index (χ2n) is 6.93. The first kappa shape index (κ1) is 22.4. The van der Waals surface area contributed by atoms with Gasteiger partial charge in [-0.1, -0.05) is 32.1 Å². The van der Waals surface area contributed by atoms with Crippen molar-refractivity contribution >= 4 is 27.8 Å². The largest absolute Gasteiger partial charge is 0.295 e. The Balaban J connectivity index is 2.54. The number of hydrogen-bond acceptors (Lipinski definition) is 5. The van der Waals surface area contributed by atoms with E-state index in [1.165, 1.54) is 32.2 Å². The predicted octanol–water partition coefficient (Wildman–Crippen LogP) is 3.96. The zero-order chi connectivity index (χ0) is 21.8. The average Bonchev–Trinajstić information content (AvgIpc) is 2.64. The van der Waals surface area contributed by atoms with E-state index in [-0.39, 0.29) is 17.6 Å². The smallest absolute Gasteiger partial charge is 0.239 e. The van der Waals surface area contributed by atoms with Gasteiger partial charge < -0.3 is 0 Å². The molecule has 0 fully saturated rings. The Morgan fingerprint density at radius 1 is 1.17 bits per heavy atom. The van der Waals surface area contributed by atoms with Crippen molar-refractivity contribution < 1.29 is 17.6 Å². The standard InChI is InChI=1S/C21H24FN3O3S/c1-14(2)19-13-20(24-21(23-19)25(4)29(5,27)28)17-10-11-18(22)16(12-17)9-7-6-8-15(3)26/h6-14H,1-5H3/b8-6+,9-7+. The Morgan fingerprint density at radius 3 is 2.45 bits per heavy atom. The molecule has 0 aliphatic carbocycles. The van der Waals surface area contributed by atoms with E-state index in [0.29, 0.717) is 22.5 Å². The van der Waals surface area contributed by atoms with Gasteiger partial charge in [0, 0.05) is 23.9 Å². The summed E-state index contributed by atoms with van der Waals surface area (Å²) in [4.78, 5) is 19.7. The summed E-state index contributed by atoms with van der Waals surface area (Å²) in [5.41, 5.74) is 2.10. The van der Waals surface area contributed by atoms with Crippen molar-refractivity contribution in [2.75, 3.05) is 17.6 Å². The number of carbonyl (C=O) groups excluding carboxylic acids is 1. The number of nitrogens with zero attached hydrogens (tertiary/aromatic N) is 3. The number of benzene rings is 1. The minimum atomic E-state index is -3.53. The van der Waals surface area contributed by atoms with Crippen LogP contribution in [0.4, 0.5) is 10.3 Å². The number of allylic oxidation sites excluding steroid dienone is 3. The van der Waals surface area contributed by atoms with Gasteiger partial charge in [0.2, 0.25) is 16.0 Å². The maximum atomic E-state index is 14.2. The van der Waals surface area contributed by atoms with Crippen LogP contribution < -0.4 is 4.31 Å². The summed E-state index contributed by atoms with van der Waals surface area (Å²) in [6.07, 6.45) is 7.12. The first-order valence-electron chi connectivity index (χ1n) is 8.97. The Hall–Kier alpha value is -2.87. The van der Waals surface area contributed by atoms with Crippen LogP contribution in [0.15, 0.2) is 42.5 Å². The molecule has 0 aliphatic rings. The molecule has 0 spiro atoms. The third kappa shape index (κ3) is 6.05. The van der Waals surface area contributed by atoms with Crippen molar-refractivity contribution in [1.29, 1.82) is 0 Å². The van der Waals surface area contributed by atoms with Gasteiger partial charge in [-0.25, -0.2) is 27.1 Å². The molecule has 2 aromatic rings.